The van der Waals surface area contributed by atoms with Crippen LogP contribution in [0.5, 0.6) is 0 Å². The molecule has 0 fully saturated rings. The van der Waals surface area contributed by atoms with Crippen LogP contribution in [0.2, 0.25) is 0 Å². The Morgan fingerprint density at radius 3 is 2.52 bits per heavy atom. The van der Waals surface area contributed by atoms with Crippen LogP contribution in [0.25, 0.3) is 11.1 Å². The fourth-order valence-corrected chi connectivity index (χ4v) is 3.87. The van der Waals surface area contributed by atoms with Gasteiger partial charge in [0.25, 0.3) is 5.91 Å². The molecule has 0 bridgehead atoms. The lowest BCUT2D eigenvalue weighted by Crippen LogP contribution is -2.23. The second-order valence-corrected chi connectivity index (χ2v) is 7.10. The van der Waals surface area contributed by atoms with Crippen molar-refractivity contribution in [3.05, 3.63) is 101 Å². The Balaban J connectivity index is 1.49. The van der Waals surface area contributed by atoms with Gasteiger partial charge in [0, 0.05) is 24.5 Å². The summed E-state index contributed by atoms with van der Waals surface area (Å²) in [6.07, 6.45) is 3.71. The van der Waals surface area contributed by atoms with E-state index in [9.17, 15) is 4.79 Å². The fraction of sp³-hybridized carbons (Fsp3) is 0.0909. The zero-order valence-corrected chi connectivity index (χ0v) is 15.5. The van der Waals surface area contributed by atoms with Gasteiger partial charge >= 0.3 is 0 Å². The molecule has 0 unspecified atom stereocenters. The highest BCUT2D eigenvalue weighted by molar-refractivity contribution is 7.12. The van der Waals surface area contributed by atoms with E-state index in [-0.39, 0.29) is 5.91 Å². The Kier molecular flexibility index (Phi) is 5.12. The van der Waals surface area contributed by atoms with E-state index in [1.807, 2.05) is 76.9 Å². The number of nitrogens with zero attached hydrogens (tertiary/aromatic N) is 2. The number of hydrogen-bond donors (Lipinski definition) is 1. The lowest BCUT2D eigenvalue weighted by atomic mass is 10.1. The molecule has 0 spiro atoms. The van der Waals surface area contributed by atoms with Gasteiger partial charge in [-0.2, -0.15) is 5.10 Å². The predicted octanol–water partition coefficient (Wildman–Crippen LogP) is 4.59. The van der Waals surface area contributed by atoms with E-state index >= 15 is 0 Å². The van der Waals surface area contributed by atoms with Gasteiger partial charge in [-0.3, -0.25) is 9.48 Å². The van der Waals surface area contributed by atoms with Crippen molar-refractivity contribution in [3.8, 4) is 11.1 Å². The molecule has 1 N–H and O–H groups in total. The molecule has 0 saturated carbocycles. The number of benzene rings is 2. The number of rotatable bonds is 6. The Morgan fingerprint density at radius 1 is 0.963 bits per heavy atom. The van der Waals surface area contributed by atoms with E-state index in [1.54, 1.807) is 6.20 Å². The number of nitrogens with one attached hydrogen (secondary N) is 1. The van der Waals surface area contributed by atoms with Crippen molar-refractivity contribution in [1.29, 1.82) is 0 Å². The first-order valence-electron chi connectivity index (χ1n) is 8.76. The van der Waals surface area contributed by atoms with Crippen LogP contribution in [0, 0.1) is 0 Å². The molecule has 0 aliphatic carbocycles. The van der Waals surface area contributed by atoms with E-state index in [1.165, 1.54) is 11.3 Å². The van der Waals surface area contributed by atoms with E-state index in [2.05, 4.69) is 16.5 Å². The number of thiophene rings is 1. The van der Waals surface area contributed by atoms with Crippen LogP contribution in [0.3, 0.4) is 0 Å². The standard InChI is InChI=1S/C22H19N3OS/c26-22(21-20(11-14-27-21)17-7-2-1-3-8-17)23-15-18-9-4-5-10-19(18)16-25-13-6-12-24-25/h1-14H,15-16H2,(H,23,26). The number of carbonyl (C=O) groups is 1. The van der Waals surface area contributed by atoms with Gasteiger partial charge in [-0.1, -0.05) is 54.6 Å². The molecule has 134 valence electrons. The smallest absolute Gasteiger partial charge is 0.262 e. The van der Waals surface area contributed by atoms with Crippen LogP contribution >= 0.6 is 11.3 Å². The second-order valence-electron chi connectivity index (χ2n) is 6.18. The lowest BCUT2D eigenvalue weighted by molar-refractivity contribution is 0.0955. The van der Waals surface area contributed by atoms with Crippen LogP contribution in [0.1, 0.15) is 20.8 Å². The van der Waals surface area contributed by atoms with Crippen molar-refractivity contribution in [2.75, 3.05) is 0 Å². The van der Waals surface area contributed by atoms with Crippen molar-refractivity contribution in [1.82, 2.24) is 15.1 Å². The van der Waals surface area contributed by atoms with Crippen LogP contribution in [0.4, 0.5) is 0 Å². The lowest BCUT2D eigenvalue weighted by Gasteiger charge is -2.11. The molecule has 0 saturated heterocycles. The summed E-state index contributed by atoms with van der Waals surface area (Å²) in [5.74, 6) is -0.0438. The van der Waals surface area contributed by atoms with Crippen molar-refractivity contribution in [3.63, 3.8) is 0 Å². The van der Waals surface area contributed by atoms with Gasteiger partial charge in [0.2, 0.25) is 0 Å². The van der Waals surface area contributed by atoms with Crippen molar-refractivity contribution < 1.29 is 4.79 Å². The monoisotopic (exact) mass is 373 g/mol. The molecule has 4 aromatic rings. The predicted molar refractivity (Wildman–Crippen MR) is 109 cm³/mol. The molecule has 0 radical (unpaired) electrons. The maximum atomic E-state index is 12.8. The summed E-state index contributed by atoms with van der Waals surface area (Å²) in [5.41, 5.74) is 4.28. The summed E-state index contributed by atoms with van der Waals surface area (Å²) in [7, 11) is 0. The van der Waals surface area contributed by atoms with Gasteiger partial charge in [0.15, 0.2) is 0 Å². The number of carbonyl (C=O) groups excluding carboxylic acids is 1. The minimum Gasteiger partial charge on any atom is -0.347 e. The zero-order valence-electron chi connectivity index (χ0n) is 14.7. The van der Waals surface area contributed by atoms with Gasteiger partial charge in [-0.25, -0.2) is 0 Å². The topological polar surface area (TPSA) is 46.9 Å². The molecule has 0 aliphatic rings. The zero-order chi connectivity index (χ0) is 18.5. The van der Waals surface area contributed by atoms with E-state index in [0.29, 0.717) is 13.1 Å². The normalized spacial score (nSPS) is 10.7. The summed E-state index contributed by atoms with van der Waals surface area (Å²) in [5, 5.41) is 9.30. The molecular formula is C22H19N3OS. The van der Waals surface area contributed by atoms with E-state index in [4.69, 9.17) is 0 Å². The molecule has 5 heteroatoms. The minimum absolute atomic E-state index is 0.0438. The maximum Gasteiger partial charge on any atom is 0.262 e. The molecule has 0 atom stereocenters. The highest BCUT2D eigenvalue weighted by Crippen LogP contribution is 2.28. The summed E-state index contributed by atoms with van der Waals surface area (Å²) >= 11 is 1.47. The third-order valence-corrected chi connectivity index (χ3v) is 5.32. The third-order valence-electron chi connectivity index (χ3n) is 4.41. The SMILES string of the molecule is O=C(NCc1ccccc1Cn1cccn1)c1sccc1-c1ccccc1. The Hall–Kier alpha value is -3.18. The molecule has 27 heavy (non-hydrogen) atoms. The Labute approximate surface area is 162 Å². The number of hydrogen-bond acceptors (Lipinski definition) is 3. The van der Waals surface area contributed by atoms with E-state index < -0.39 is 0 Å². The van der Waals surface area contributed by atoms with Crippen molar-refractivity contribution in [2.24, 2.45) is 0 Å². The van der Waals surface area contributed by atoms with Crippen LogP contribution < -0.4 is 5.32 Å². The first-order valence-corrected chi connectivity index (χ1v) is 9.64. The molecular weight excluding hydrogens is 354 g/mol. The van der Waals surface area contributed by atoms with Crippen molar-refractivity contribution in [2.45, 2.75) is 13.1 Å². The molecule has 0 aliphatic heterocycles. The summed E-state index contributed by atoms with van der Waals surface area (Å²) in [4.78, 5) is 13.5. The first kappa shape index (κ1) is 17.2. The summed E-state index contributed by atoms with van der Waals surface area (Å²) in [6.45, 7) is 1.18. The summed E-state index contributed by atoms with van der Waals surface area (Å²) in [6, 6.07) is 22.0. The van der Waals surface area contributed by atoms with Crippen LogP contribution in [-0.2, 0) is 13.1 Å². The number of aromatic nitrogens is 2. The van der Waals surface area contributed by atoms with Gasteiger partial charge in [0.05, 0.1) is 11.4 Å². The van der Waals surface area contributed by atoms with Gasteiger partial charge in [0.1, 0.15) is 0 Å². The van der Waals surface area contributed by atoms with Crippen molar-refractivity contribution >= 4 is 17.2 Å². The number of amides is 1. The average molecular weight is 373 g/mol. The quantitative estimate of drug-likeness (QED) is 0.537. The molecule has 2 aromatic carbocycles. The Morgan fingerprint density at radius 2 is 1.74 bits per heavy atom. The van der Waals surface area contributed by atoms with E-state index in [0.717, 1.165) is 27.1 Å². The van der Waals surface area contributed by atoms with Gasteiger partial charge in [-0.05, 0) is 34.2 Å². The summed E-state index contributed by atoms with van der Waals surface area (Å²) < 4.78 is 1.88. The molecule has 2 aromatic heterocycles. The largest absolute Gasteiger partial charge is 0.347 e. The fourth-order valence-electron chi connectivity index (χ4n) is 3.04. The average Bonchev–Trinajstić information content (AvgIpc) is 3.40. The van der Waals surface area contributed by atoms with Crippen LogP contribution in [0.15, 0.2) is 84.5 Å². The van der Waals surface area contributed by atoms with Gasteiger partial charge < -0.3 is 5.32 Å². The highest BCUT2D eigenvalue weighted by atomic mass is 32.1. The first-order chi connectivity index (χ1) is 13.3. The Bertz CT molecular complexity index is 1020. The van der Waals surface area contributed by atoms with Gasteiger partial charge in [-0.15, -0.1) is 11.3 Å². The highest BCUT2D eigenvalue weighted by Gasteiger charge is 2.14. The maximum absolute atomic E-state index is 12.8. The molecule has 4 rings (SSSR count). The molecule has 1 amide bonds. The third kappa shape index (κ3) is 3.99. The minimum atomic E-state index is -0.0438. The second kappa shape index (κ2) is 8.01. The molecule has 2 heterocycles. The van der Waals surface area contributed by atoms with Crippen LogP contribution in [-0.4, -0.2) is 15.7 Å². The molecule has 4 nitrogen and oxygen atoms in total.